The first-order chi connectivity index (χ1) is 13.2. The lowest BCUT2D eigenvalue weighted by Gasteiger charge is -2.42. The van der Waals surface area contributed by atoms with Gasteiger partial charge < -0.3 is 19.9 Å². The van der Waals surface area contributed by atoms with Gasteiger partial charge in [-0.1, -0.05) is 36.8 Å². The van der Waals surface area contributed by atoms with E-state index in [1.54, 1.807) is 0 Å². The molecule has 3 heterocycles. The van der Waals surface area contributed by atoms with Crippen molar-refractivity contribution in [3.8, 4) is 0 Å². The van der Waals surface area contributed by atoms with Crippen LogP contribution in [0.5, 0.6) is 0 Å². The highest BCUT2D eigenvalue weighted by molar-refractivity contribution is 5.86. The number of hydrogen-bond acceptors (Lipinski definition) is 4. The molecule has 6 heteroatoms. The third-order valence-corrected chi connectivity index (χ3v) is 6.10. The first-order valence-electron chi connectivity index (χ1n) is 10.2. The standard InChI is InChI=1S/C21H29N3O3/c25-18-15-27-20(19(22-18)16-7-3-1-4-8-16)21(26)24-13-9-17(10-14-24)23-11-5-2-6-12-23/h1,3-4,7-8,17,19-20H,2,5-6,9-15H2,(H,22,25)/t19-,20+/m1/s1. The lowest BCUT2D eigenvalue weighted by atomic mass is 9.96. The quantitative estimate of drug-likeness (QED) is 0.879. The molecule has 0 aromatic heterocycles. The van der Waals surface area contributed by atoms with Crippen LogP contribution in [-0.2, 0) is 14.3 Å². The Morgan fingerprint density at radius 1 is 1.00 bits per heavy atom. The molecule has 3 fully saturated rings. The van der Waals surface area contributed by atoms with Crippen LogP contribution in [0.15, 0.2) is 30.3 Å². The van der Waals surface area contributed by atoms with Gasteiger partial charge in [-0.15, -0.1) is 0 Å². The Bertz CT molecular complexity index is 652. The van der Waals surface area contributed by atoms with Crippen molar-refractivity contribution < 1.29 is 14.3 Å². The van der Waals surface area contributed by atoms with E-state index in [2.05, 4.69) is 10.2 Å². The highest BCUT2D eigenvalue weighted by Crippen LogP contribution is 2.26. The third kappa shape index (κ3) is 4.17. The van der Waals surface area contributed by atoms with Gasteiger partial charge in [-0.3, -0.25) is 9.59 Å². The molecule has 146 valence electrons. The normalized spacial score (nSPS) is 28.0. The first-order valence-corrected chi connectivity index (χ1v) is 10.2. The van der Waals surface area contributed by atoms with Crippen LogP contribution >= 0.6 is 0 Å². The summed E-state index contributed by atoms with van der Waals surface area (Å²) in [6.45, 7) is 3.90. The van der Waals surface area contributed by atoms with E-state index in [1.165, 1.54) is 32.4 Å². The highest BCUT2D eigenvalue weighted by atomic mass is 16.5. The summed E-state index contributed by atoms with van der Waals surface area (Å²) < 4.78 is 5.70. The molecule has 3 aliphatic heterocycles. The fourth-order valence-corrected chi connectivity index (χ4v) is 4.60. The zero-order valence-corrected chi connectivity index (χ0v) is 15.8. The summed E-state index contributed by atoms with van der Waals surface area (Å²) in [6, 6.07) is 9.82. The lowest BCUT2D eigenvalue weighted by Crippen LogP contribution is -2.56. The average Bonchev–Trinajstić information content (AvgIpc) is 2.74. The second-order valence-electron chi connectivity index (χ2n) is 7.84. The zero-order valence-electron chi connectivity index (χ0n) is 15.8. The SMILES string of the molecule is O=C1CO[C@H](C(=O)N2CCC(N3CCCCC3)CC2)[C@@H](c2ccccc2)N1. The van der Waals surface area contributed by atoms with Gasteiger partial charge in [0.2, 0.25) is 5.91 Å². The van der Waals surface area contributed by atoms with E-state index >= 15 is 0 Å². The number of nitrogens with zero attached hydrogens (tertiary/aromatic N) is 2. The molecule has 6 nitrogen and oxygen atoms in total. The van der Waals surface area contributed by atoms with Gasteiger partial charge in [-0.2, -0.15) is 0 Å². The minimum absolute atomic E-state index is 0.000877. The molecule has 0 unspecified atom stereocenters. The van der Waals surface area contributed by atoms with Gasteiger partial charge in [-0.05, 0) is 44.3 Å². The van der Waals surface area contributed by atoms with E-state index in [1.807, 2.05) is 35.2 Å². The maximum atomic E-state index is 13.2. The molecule has 0 aliphatic carbocycles. The van der Waals surface area contributed by atoms with Gasteiger partial charge in [0.05, 0.1) is 6.04 Å². The predicted octanol–water partition coefficient (Wildman–Crippen LogP) is 1.72. The van der Waals surface area contributed by atoms with E-state index in [0.29, 0.717) is 6.04 Å². The molecule has 0 saturated carbocycles. The topological polar surface area (TPSA) is 61.9 Å². The third-order valence-electron chi connectivity index (χ3n) is 6.10. The van der Waals surface area contributed by atoms with E-state index in [4.69, 9.17) is 4.74 Å². The van der Waals surface area contributed by atoms with Crippen LogP contribution in [0.1, 0.15) is 43.7 Å². The van der Waals surface area contributed by atoms with Crippen LogP contribution in [0.3, 0.4) is 0 Å². The van der Waals surface area contributed by atoms with Crippen LogP contribution in [0.4, 0.5) is 0 Å². The summed E-state index contributed by atoms with van der Waals surface area (Å²) >= 11 is 0. The van der Waals surface area contributed by atoms with Crippen molar-refractivity contribution in [1.82, 2.24) is 15.1 Å². The Kier molecular flexibility index (Phi) is 5.74. The lowest BCUT2D eigenvalue weighted by molar-refractivity contribution is -0.156. The fraction of sp³-hybridized carbons (Fsp3) is 0.619. The number of piperidine rings is 2. The summed E-state index contributed by atoms with van der Waals surface area (Å²) in [5, 5.41) is 2.94. The number of ether oxygens (including phenoxy) is 1. The van der Waals surface area contributed by atoms with Crippen molar-refractivity contribution in [2.45, 2.75) is 50.3 Å². The molecule has 0 radical (unpaired) electrons. The second kappa shape index (κ2) is 8.40. The van der Waals surface area contributed by atoms with Crippen molar-refractivity contribution in [2.24, 2.45) is 0 Å². The average molecular weight is 371 g/mol. The fourth-order valence-electron chi connectivity index (χ4n) is 4.60. The van der Waals surface area contributed by atoms with Crippen molar-refractivity contribution in [3.05, 3.63) is 35.9 Å². The summed E-state index contributed by atoms with van der Waals surface area (Å²) in [5.74, 6) is -0.169. The number of morpholine rings is 1. The number of carbonyl (C=O) groups is 2. The van der Waals surface area contributed by atoms with Crippen LogP contribution in [0.25, 0.3) is 0 Å². The Hall–Kier alpha value is -1.92. The highest BCUT2D eigenvalue weighted by Gasteiger charge is 2.39. The van der Waals surface area contributed by atoms with Gasteiger partial charge in [0.25, 0.3) is 5.91 Å². The Balaban J connectivity index is 1.40. The maximum absolute atomic E-state index is 13.2. The number of benzene rings is 1. The molecule has 0 spiro atoms. The predicted molar refractivity (Wildman–Crippen MR) is 102 cm³/mol. The summed E-state index contributed by atoms with van der Waals surface area (Å²) in [5.41, 5.74) is 0.909. The maximum Gasteiger partial charge on any atom is 0.254 e. The molecule has 3 saturated heterocycles. The summed E-state index contributed by atoms with van der Waals surface area (Å²) in [7, 11) is 0. The molecule has 1 aromatic carbocycles. The molecule has 27 heavy (non-hydrogen) atoms. The summed E-state index contributed by atoms with van der Waals surface area (Å²) in [6.07, 6.45) is 5.36. The van der Waals surface area contributed by atoms with Crippen LogP contribution < -0.4 is 5.32 Å². The summed E-state index contributed by atoms with van der Waals surface area (Å²) in [4.78, 5) is 29.5. The molecule has 0 bridgehead atoms. The minimum Gasteiger partial charge on any atom is -0.356 e. The number of carbonyl (C=O) groups excluding carboxylic acids is 2. The number of hydrogen-bond donors (Lipinski definition) is 1. The van der Waals surface area contributed by atoms with Crippen molar-refractivity contribution in [3.63, 3.8) is 0 Å². The van der Waals surface area contributed by atoms with Crippen LogP contribution in [0, 0.1) is 0 Å². The van der Waals surface area contributed by atoms with Gasteiger partial charge in [0.1, 0.15) is 6.61 Å². The van der Waals surface area contributed by atoms with Gasteiger partial charge in [0, 0.05) is 19.1 Å². The number of likely N-dealkylation sites (tertiary alicyclic amines) is 2. The van der Waals surface area contributed by atoms with E-state index < -0.39 is 12.1 Å². The molecule has 1 aromatic rings. The zero-order chi connectivity index (χ0) is 18.6. The Morgan fingerprint density at radius 3 is 2.41 bits per heavy atom. The van der Waals surface area contributed by atoms with E-state index in [-0.39, 0.29) is 18.4 Å². The molecular weight excluding hydrogens is 342 g/mol. The van der Waals surface area contributed by atoms with Crippen molar-refractivity contribution in [2.75, 3.05) is 32.8 Å². The molecule has 1 N–H and O–H groups in total. The van der Waals surface area contributed by atoms with Crippen LogP contribution in [-0.4, -0.2) is 66.5 Å². The molecule has 2 amide bonds. The Morgan fingerprint density at radius 2 is 1.70 bits per heavy atom. The first kappa shape index (κ1) is 18.4. The van der Waals surface area contributed by atoms with Gasteiger partial charge >= 0.3 is 0 Å². The smallest absolute Gasteiger partial charge is 0.254 e. The van der Waals surface area contributed by atoms with Crippen molar-refractivity contribution >= 4 is 11.8 Å². The monoisotopic (exact) mass is 371 g/mol. The van der Waals surface area contributed by atoms with E-state index in [0.717, 1.165) is 31.5 Å². The second-order valence-corrected chi connectivity index (χ2v) is 7.84. The largest absolute Gasteiger partial charge is 0.356 e. The number of nitrogens with one attached hydrogen (secondary N) is 1. The van der Waals surface area contributed by atoms with Crippen molar-refractivity contribution in [1.29, 1.82) is 0 Å². The molecule has 3 aliphatic rings. The molecule has 4 rings (SSSR count). The van der Waals surface area contributed by atoms with Crippen LogP contribution in [0.2, 0.25) is 0 Å². The molecular formula is C21H29N3O3. The van der Waals surface area contributed by atoms with Gasteiger partial charge in [0.15, 0.2) is 6.10 Å². The number of rotatable bonds is 3. The van der Waals surface area contributed by atoms with E-state index in [9.17, 15) is 9.59 Å². The minimum atomic E-state index is -0.642. The Labute approximate surface area is 160 Å². The molecule has 2 atom stereocenters. The number of amides is 2. The van der Waals surface area contributed by atoms with Gasteiger partial charge in [-0.25, -0.2) is 0 Å².